The number of nitrogens with two attached hydrogens (primary N) is 1. The van der Waals surface area contributed by atoms with Gasteiger partial charge < -0.3 is 15.4 Å². The first kappa shape index (κ1) is 14.6. The van der Waals surface area contributed by atoms with Crippen molar-refractivity contribution in [2.75, 3.05) is 6.73 Å². The molecule has 0 aromatic carbocycles. The molecule has 0 saturated carbocycles. The van der Waals surface area contributed by atoms with Crippen LogP contribution in [0.4, 0.5) is 0 Å². The number of allylic oxidation sites excluding steroid dienone is 3. The molecular weight excluding hydrogens is 272 g/mol. The standard InChI is InChI=1S/C14H14N4O3/c15-14(19)12-4-3-6-17(9-12)10-21-11-18-7-2-1-5-13(18)8-16-20/h1-9H,10-11H2,(H-,15,19)/p+1/b13-8+. The molecule has 0 unspecified atom stereocenters. The molecule has 1 aromatic heterocycles. The topological polar surface area (TPSA) is 88.9 Å². The van der Waals surface area contributed by atoms with Crippen LogP contribution in [-0.2, 0) is 11.5 Å². The molecule has 0 bridgehead atoms. The van der Waals surface area contributed by atoms with E-state index in [-0.39, 0.29) is 13.5 Å². The first-order chi connectivity index (χ1) is 10.2. The maximum atomic E-state index is 11.1. The Morgan fingerprint density at radius 1 is 1.48 bits per heavy atom. The van der Waals surface area contributed by atoms with Crippen molar-refractivity contribution in [2.45, 2.75) is 6.73 Å². The molecule has 1 aliphatic heterocycles. The number of hydrogen-bond donors (Lipinski definition) is 1. The van der Waals surface area contributed by atoms with E-state index in [1.807, 2.05) is 6.08 Å². The van der Waals surface area contributed by atoms with Gasteiger partial charge in [-0.3, -0.25) is 4.79 Å². The fourth-order valence-corrected chi connectivity index (χ4v) is 1.77. The molecule has 2 N–H and O–H groups in total. The molecule has 21 heavy (non-hydrogen) atoms. The van der Waals surface area contributed by atoms with E-state index >= 15 is 0 Å². The largest absolute Gasteiger partial charge is 0.365 e. The normalized spacial score (nSPS) is 15.4. The van der Waals surface area contributed by atoms with Gasteiger partial charge in [-0.1, -0.05) is 6.08 Å². The maximum absolute atomic E-state index is 11.1. The Labute approximate surface area is 121 Å². The summed E-state index contributed by atoms with van der Waals surface area (Å²) in [6.45, 7) is 0.493. The minimum atomic E-state index is -0.490. The van der Waals surface area contributed by atoms with Crippen LogP contribution in [0.3, 0.4) is 0 Å². The number of aromatic nitrogens is 1. The second kappa shape index (κ2) is 7.11. The highest BCUT2D eigenvalue weighted by molar-refractivity contribution is 5.92. The Morgan fingerprint density at radius 2 is 2.33 bits per heavy atom. The second-order valence-electron chi connectivity index (χ2n) is 4.26. The SMILES string of the molecule is NC(=O)c1ccc[n+](COCN2C=CC=C/C2=C\N=O)c1. The number of hydrogen-bond acceptors (Lipinski definition) is 5. The molecule has 0 atom stereocenters. The average molecular weight is 287 g/mol. The van der Waals surface area contributed by atoms with E-state index in [0.717, 1.165) is 0 Å². The number of rotatable bonds is 6. The van der Waals surface area contributed by atoms with Crippen molar-refractivity contribution < 1.29 is 14.1 Å². The van der Waals surface area contributed by atoms with Gasteiger partial charge in [-0.2, -0.15) is 4.57 Å². The van der Waals surface area contributed by atoms with Crippen LogP contribution in [0.5, 0.6) is 0 Å². The summed E-state index contributed by atoms with van der Waals surface area (Å²) in [7, 11) is 0. The minimum Gasteiger partial charge on any atom is -0.365 e. The molecular formula is C14H15N4O3+. The lowest BCUT2D eigenvalue weighted by Crippen LogP contribution is -2.37. The first-order valence-corrected chi connectivity index (χ1v) is 6.21. The molecule has 2 rings (SSSR count). The van der Waals surface area contributed by atoms with Crippen molar-refractivity contribution in [3.05, 3.63) is 71.3 Å². The van der Waals surface area contributed by atoms with E-state index in [4.69, 9.17) is 10.5 Å². The fraction of sp³-hybridized carbons (Fsp3) is 0.143. The quantitative estimate of drug-likeness (QED) is 0.624. The van der Waals surface area contributed by atoms with E-state index in [2.05, 4.69) is 5.18 Å². The summed E-state index contributed by atoms with van der Waals surface area (Å²) in [4.78, 5) is 23.1. The zero-order valence-electron chi connectivity index (χ0n) is 11.3. The zero-order valence-corrected chi connectivity index (χ0v) is 11.3. The lowest BCUT2D eigenvalue weighted by molar-refractivity contribution is -0.733. The highest BCUT2D eigenvalue weighted by Crippen LogP contribution is 2.12. The molecule has 1 amide bonds. The molecule has 0 spiro atoms. The van der Waals surface area contributed by atoms with Gasteiger partial charge in [-0.15, -0.1) is 4.91 Å². The van der Waals surface area contributed by atoms with Crippen LogP contribution >= 0.6 is 0 Å². The predicted molar refractivity (Wildman–Crippen MR) is 75.1 cm³/mol. The molecule has 0 fully saturated rings. The lowest BCUT2D eigenvalue weighted by atomic mass is 10.3. The molecule has 0 radical (unpaired) electrons. The van der Waals surface area contributed by atoms with Gasteiger partial charge in [-0.25, -0.2) is 0 Å². The summed E-state index contributed by atoms with van der Waals surface area (Å²) < 4.78 is 7.24. The van der Waals surface area contributed by atoms with Crippen LogP contribution in [0.15, 0.2) is 66.0 Å². The smallest absolute Gasteiger partial charge is 0.254 e. The maximum Gasteiger partial charge on any atom is 0.254 e. The molecule has 108 valence electrons. The van der Waals surface area contributed by atoms with Crippen molar-refractivity contribution in [3.8, 4) is 0 Å². The van der Waals surface area contributed by atoms with Crippen LogP contribution in [0.2, 0.25) is 0 Å². The molecule has 0 saturated heterocycles. The minimum absolute atomic E-state index is 0.246. The van der Waals surface area contributed by atoms with Crippen LogP contribution < -0.4 is 10.3 Å². The average Bonchev–Trinajstić information content (AvgIpc) is 2.49. The van der Waals surface area contributed by atoms with Crippen molar-refractivity contribution in [3.63, 3.8) is 0 Å². The molecule has 7 heteroatoms. The number of nitroso groups, excluding NO2 is 1. The monoisotopic (exact) mass is 287 g/mol. The van der Waals surface area contributed by atoms with Crippen LogP contribution in [-0.4, -0.2) is 17.5 Å². The van der Waals surface area contributed by atoms with Crippen LogP contribution in [0, 0.1) is 4.91 Å². The third-order valence-electron chi connectivity index (χ3n) is 2.77. The fourth-order valence-electron chi connectivity index (χ4n) is 1.77. The van der Waals surface area contributed by atoms with Gasteiger partial charge in [0.2, 0.25) is 0 Å². The predicted octanol–water partition coefficient (Wildman–Crippen LogP) is 0.998. The van der Waals surface area contributed by atoms with E-state index in [1.54, 1.807) is 52.3 Å². The summed E-state index contributed by atoms with van der Waals surface area (Å²) >= 11 is 0. The Morgan fingerprint density at radius 3 is 3.10 bits per heavy atom. The Hall–Kier alpha value is -2.80. The van der Waals surface area contributed by atoms with Gasteiger partial charge in [-0.05, 0) is 23.4 Å². The Bertz CT molecular complexity index is 622. The third kappa shape index (κ3) is 4.08. The van der Waals surface area contributed by atoms with E-state index in [1.165, 1.54) is 6.20 Å². The van der Waals surface area contributed by atoms with Crippen molar-refractivity contribution in [1.29, 1.82) is 0 Å². The third-order valence-corrected chi connectivity index (χ3v) is 2.77. The highest BCUT2D eigenvalue weighted by Gasteiger charge is 2.10. The van der Waals surface area contributed by atoms with Crippen LogP contribution in [0.25, 0.3) is 0 Å². The van der Waals surface area contributed by atoms with Crippen molar-refractivity contribution in [1.82, 2.24) is 4.90 Å². The highest BCUT2D eigenvalue weighted by atomic mass is 16.5. The molecule has 2 heterocycles. The van der Waals surface area contributed by atoms with Gasteiger partial charge in [0.25, 0.3) is 12.6 Å². The van der Waals surface area contributed by atoms with Crippen molar-refractivity contribution >= 4 is 5.91 Å². The van der Waals surface area contributed by atoms with E-state index < -0.39 is 5.91 Å². The Kier molecular flexibility index (Phi) is 4.94. The van der Waals surface area contributed by atoms with Gasteiger partial charge in [0.1, 0.15) is 12.3 Å². The Balaban J connectivity index is 1.92. The van der Waals surface area contributed by atoms with Gasteiger partial charge in [0.15, 0.2) is 12.4 Å². The summed E-state index contributed by atoms with van der Waals surface area (Å²) in [5.74, 6) is -0.490. The second-order valence-corrected chi connectivity index (χ2v) is 4.26. The molecule has 0 aliphatic carbocycles. The number of ether oxygens (including phenoxy) is 1. The van der Waals surface area contributed by atoms with E-state index in [9.17, 15) is 9.70 Å². The van der Waals surface area contributed by atoms with Gasteiger partial charge in [0.05, 0.1) is 11.9 Å². The van der Waals surface area contributed by atoms with Gasteiger partial charge >= 0.3 is 0 Å². The summed E-state index contributed by atoms with van der Waals surface area (Å²) in [5, 5.41) is 2.76. The van der Waals surface area contributed by atoms with Crippen LogP contribution in [0.1, 0.15) is 10.4 Å². The lowest BCUT2D eigenvalue weighted by Gasteiger charge is -2.21. The number of carbonyl (C=O) groups is 1. The zero-order chi connectivity index (χ0) is 15.1. The van der Waals surface area contributed by atoms with E-state index in [0.29, 0.717) is 11.3 Å². The molecule has 1 aliphatic rings. The summed E-state index contributed by atoms with van der Waals surface area (Å²) in [6.07, 6.45) is 11.8. The number of amides is 1. The summed E-state index contributed by atoms with van der Waals surface area (Å²) in [5.41, 5.74) is 6.27. The number of primary amides is 1. The van der Waals surface area contributed by atoms with Gasteiger partial charge in [0, 0.05) is 12.3 Å². The molecule has 7 nitrogen and oxygen atoms in total. The number of nitrogens with zero attached hydrogens (tertiary/aromatic N) is 3. The summed E-state index contributed by atoms with van der Waals surface area (Å²) in [6, 6.07) is 3.35. The number of carbonyl (C=O) groups excluding carboxylic acids is 1. The van der Waals surface area contributed by atoms with Crippen molar-refractivity contribution in [2.24, 2.45) is 10.9 Å². The molecule has 1 aromatic rings. The first-order valence-electron chi connectivity index (χ1n) is 6.21. The number of pyridine rings is 1.